The normalized spacial score (nSPS) is 16.7. The highest BCUT2D eigenvalue weighted by molar-refractivity contribution is 5.76. The van der Waals surface area contributed by atoms with Gasteiger partial charge in [0.05, 0.1) is 5.92 Å². The summed E-state index contributed by atoms with van der Waals surface area (Å²) in [5.41, 5.74) is 0. The van der Waals surface area contributed by atoms with E-state index in [1.165, 1.54) is 0 Å². The largest absolute Gasteiger partial charge is 0.481 e. The number of carboxylic acids is 1. The van der Waals surface area contributed by atoms with Gasteiger partial charge in [0.25, 0.3) is 0 Å². The smallest absolute Gasteiger partial charge is 0.320 e. The van der Waals surface area contributed by atoms with Crippen LogP contribution in [0.25, 0.3) is 0 Å². The van der Waals surface area contributed by atoms with Crippen LogP contribution in [0.2, 0.25) is 0 Å². The Morgan fingerprint density at radius 2 is 2.18 bits per heavy atom. The molecule has 5 nitrogen and oxygen atoms in total. The Morgan fingerprint density at radius 3 is 2.65 bits per heavy atom. The van der Waals surface area contributed by atoms with E-state index in [9.17, 15) is 9.59 Å². The van der Waals surface area contributed by atoms with Crippen molar-refractivity contribution in [2.24, 2.45) is 5.92 Å². The molecule has 0 aromatic rings. The van der Waals surface area contributed by atoms with Crippen molar-refractivity contribution < 1.29 is 14.7 Å². The van der Waals surface area contributed by atoms with E-state index in [0.717, 1.165) is 6.42 Å². The van der Waals surface area contributed by atoms with Crippen molar-refractivity contribution in [2.45, 2.75) is 20.3 Å². The molecule has 0 saturated carbocycles. The third kappa shape index (κ3) is 3.76. The molecule has 0 aliphatic carbocycles. The van der Waals surface area contributed by atoms with Crippen molar-refractivity contribution in [2.75, 3.05) is 26.2 Å². The van der Waals surface area contributed by atoms with Crippen LogP contribution in [-0.2, 0) is 4.79 Å². The molecule has 96 valence electrons. The van der Waals surface area contributed by atoms with Gasteiger partial charge in [0.15, 0.2) is 0 Å². The van der Waals surface area contributed by atoms with Crippen molar-refractivity contribution in [3.05, 3.63) is 12.2 Å². The molecule has 1 heterocycles. The average molecular weight is 240 g/mol. The molecule has 5 heteroatoms. The Labute approximate surface area is 102 Å². The summed E-state index contributed by atoms with van der Waals surface area (Å²) < 4.78 is 0. The molecule has 0 spiro atoms. The molecular weight excluding hydrogens is 220 g/mol. The van der Waals surface area contributed by atoms with Crippen LogP contribution in [0.15, 0.2) is 12.2 Å². The van der Waals surface area contributed by atoms with Crippen LogP contribution in [0.1, 0.15) is 20.3 Å². The molecule has 2 amide bonds. The van der Waals surface area contributed by atoms with Crippen molar-refractivity contribution >= 4 is 12.0 Å². The first-order chi connectivity index (χ1) is 8.06. The van der Waals surface area contributed by atoms with Crippen molar-refractivity contribution in [1.82, 2.24) is 9.80 Å². The quantitative estimate of drug-likeness (QED) is 0.756. The van der Waals surface area contributed by atoms with Crippen LogP contribution >= 0.6 is 0 Å². The van der Waals surface area contributed by atoms with Gasteiger partial charge in [-0.15, -0.1) is 0 Å². The van der Waals surface area contributed by atoms with Gasteiger partial charge in [-0.1, -0.05) is 19.1 Å². The SMILES string of the molecule is CCN(CC(C)C(=O)O)C(=O)N1CC=CCC1. The monoisotopic (exact) mass is 240 g/mol. The summed E-state index contributed by atoms with van der Waals surface area (Å²) in [4.78, 5) is 26.2. The standard InChI is InChI=1S/C12H20N2O3/c1-3-13(9-10(2)11(15)16)12(17)14-7-5-4-6-8-14/h4-5,10H,3,6-9H2,1-2H3,(H,15,16). The first kappa shape index (κ1) is 13.5. The van der Waals surface area contributed by atoms with Crippen LogP contribution in [0.4, 0.5) is 4.79 Å². The molecule has 0 aromatic carbocycles. The highest BCUT2D eigenvalue weighted by Gasteiger charge is 2.23. The van der Waals surface area contributed by atoms with Gasteiger partial charge >= 0.3 is 12.0 Å². The fourth-order valence-corrected chi connectivity index (χ4v) is 1.77. The third-order valence-electron chi connectivity index (χ3n) is 2.90. The Bertz CT molecular complexity index is 315. The second-order valence-corrected chi connectivity index (χ2v) is 4.27. The van der Waals surface area contributed by atoms with Gasteiger partial charge in [-0.3, -0.25) is 4.79 Å². The van der Waals surface area contributed by atoms with Crippen LogP contribution in [0.5, 0.6) is 0 Å². The molecule has 0 aromatic heterocycles. The van der Waals surface area contributed by atoms with E-state index < -0.39 is 11.9 Å². The molecule has 1 aliphatic heterocycles. The van der Waals surface area contributed by atoms with Crippen molar-refractivity contribution in [3.63, 3.8) is 0 Å². The molecule has 0 bridgehead atoms. The lowest BCUT2D eigenvalue weighted by Crippen LogP contribution is -2.46. The summed E-state index contributed by atoms with van der Waals surface area (Å²) in [7, 11) is 0. The summed E-state index contributed by atoms with van der Waals surface area (Å²) in [6.45, 7) is 5.63. The van der Waals surface area contributed by atoms with Crippen LogP contribution < -0.4 is 0 Å². The van der Waals surface area contributed by atoms with Gasteiger partial charge in [-0.2, -0.15) is 0 Å². The predicted octanol–water partition coefficient (Wildman–Crippen LogP) is 1.41. The number of amides is 2. The molecule has 1 aliphatic rings. The number of carboxylic acid groups (broad SMARTS) is 1. The van der Waals surface area contributed by atoms with Crippen molar-refractivity contribution in [1.29, 1.82) is 0 Å². The van der Waals surface area contributed by atoms with E-state index in [1.54, 1.807) is 16.7 Å². The summed E-state index contributed by atoms with van der Waals surface area (Å²) in [6.07, 6.45) is 4.90. The number of aliphatic carboxylic acids is 1. The Hall–Kier alpha value is -1.52. The second-order valence-electron chi connectivity index (χ2n) is 4.27. The predicted molar refractivity (Wildman–Crippen MR) is 64.8 cm³/mol. The van der Waals surface area contributed by atoms with E-state index in [-0.39, 0.29) is 12.6 Å². The lowest BCUT2D eigenvalue weighted by atomic mass is 10.1. The number of hydrogen-bond acceptors (Lipinski definition) is 2. The van der Waals surface area contributed by atoms with E-state index in [1.807, 2.05) is 13.0 Å². The first-order valence-electron chi connectivity index (χ1n) is 5.98. The number of carbonyl (C=O) groups is 2. The average Bonchev–Trinajstić information content (AvgIpc) is 2.35. The van der Waals surface area contributed by atoms with E-state index >= 15 is 0 Å². The molecule has 1 unspecified atom stereocenters. The van der Waals surface area contributed by atoms with Gasteiger partial charge in [0, 0.05) is 26.2 Å². The second kappa shape index (κ2) is 6.27. The Balaban J connectivity index is 2.57. The molecule has 17 heavy (non-hydrogen) atoms. The number of nitrogens with zero attached hydrogens (tertiary/aromatic N) is 2. The zero-order chi connectivity index (χ0) is 12.8. The fourth-order valence-electron chi connectivity index (χ4n) is 1.77. The molecule has 1 rings (SSSR count). The lowest BCUT2D eigenvalue weighted by Gasteiger charge is -2.31. The topological polar surface area (TPSA) is 60.9 Å². The lowest BCUT2D eigenvalue weighted by molar-refractivity contribution is -0.141. The Kier molecular flexibility index (Phi) is 5.00. The fraction of sp³-hybridized carbons (Fsp3) is 0.667. The number of urea groups is 1. The van der Waals surface area contributed by atoms with Gasteiger partial charge in [-0.25, -0.2) is 4.79 Å². The van der Waals surface area contributed by atoms with E-state index in [4.69, 9.17) is 5.11 Å². The zero-order valence-corrected chi connectivity index (χ0v) is 10.4. The Morgan fingerprint density at radius 1 is 1.47 bits per heavy atom. The number of carbonyl (C=O) groups excluding carboxylic acids is 1. The highest BCUT2D eigenvalue weighted by atomic mass is 16.4. The minimum atomic E-state index is -0.866. The maximum atomic E-state index is 12.1. The maximum Gasteiger partial charge on any atom is 0.320 e. The zero-order valence-electron chi connectivity index (χ0n) is 10.4. The van der Waals surface area contributed by atoms with Gasteiger partial charge in [0.2, 0.25) is 0 Å². The third-order valence-corrected chi connectivity index (χ3v) is 2.90. The molecular formula is C12H20N2O3. The van der Waals surface area contributed by atoms with Gasteiger partial charge in [-0.05, 0) is 13.3 Å². The number of rotatable bonds is 4. The van der Waals surface area contributed by atoms with Crippen LogP contribution in [-0.4, -0.2) is 53.1 Å². The maximum absolute atomic E-state index is 12.1. The highest BCUT2D eigenvalue weighted by Crippen LogP contribution is 2.08. The summed E-state index contributed by atoms with van der Waals surface area (Å²) in [5, 5.41) is 8.86. The minimum absolute atomic E-state index is 0.0649. The summed E-state index contributed by atoms with van der Waals surface area (Å²) in [6, 6.07) is -0.0649. The van der Waals surface area contributed by atoms with Crippen molar-refractivity contribution in [3.8, 4) is 0 Å². The van der Waals surface area contributed by atoms with Gasteiger partial charge in [0.1, 0.15) is 0 Å². The van der Waals surface area contributed by atoms with Gasteiger partial charge < -0.3 is 14.9 Å². The van der Waals surface area contributed by atoms with E-state index in [2.05, 4.69) is 6.08 Å². The summed E-state index contributed by atoms with van der Waals surface area (Å²) >= 11 is 0. The van der Waals surface area contributed by atoms with Crippen LogP contribution in [0.3, 0.4) is 0 Å². The van der Waals surface area contributed by atoms with E-state index in [0.29, 0.717) is 19.6 Å². The molecule has 0 fully saturated rings. The summed E-state index contributed by atoms with van der Waals surface area (Å²) in [5.74, 6) is -1.39. The molecule has 0 radical (unpaired) electrons. The molecule has 0 saturated heterocycles. The first-order valence-corrected chi connectivity index (χ1v) is 5.98. The van der Waals surface area contributed by atoms with Crippen LogP contribution in [0, 0.1) is 5.92 Å². The number of hydrogen-bond donors (Lipinski definition) is 1. The molecule has 1 N–H and O–H groups in total. The molecule has 1 atom stereocenters. The minimum Gasteiger partial charge on any atom is -0.481 e.